The van der Waals surface area contributed by atoms with Crippen molar-refractivity contribution in [3.05, 3.63) is 71.8 Å². The van der Waals surface area contributed by atoms with E-state index in [0.717, 1.165) is 43.3 Å². The van der Waals surface area contributed by atoms with Crippen LogP contribution in [0.5, 0.6) is 0 Å². The van der Waals surface area contributed by atoms with E-state index in [1.54, 1.807) is 48.5 Å². The summed E-state index contributed by atoms with van der Waals surface area (Å²) in [4.78, 5) is 27.0. The van der Waals surface area contributed by atoms with Gasteiger partial charge in [0.1, 0.15) is 6.10 Å². The molecule has 1 saturated heterocycles. The van der Waals surface area contributed by atoms with Crippen LogP contribution >= 0.6 is 11.6 Å². The van der Waals surface area contributed by atoms with Crippen molar-refractivity contribution in [2.75, 3.05) is 13.1 Å². The molecule has 5 atom stereocenters. The molecule has 0 N–H and O–H groups in total. The number of carbonyl (C=O) groups is 2. The van der Waals surface area contributed by atoms with Crippen LogP contribution in [0.15, 0.2) is 60.7 Å². The summed E-state index contributed by atoms with van der Waals surface area (Å²) in [6.07, 6.45) is 2.30. The van der Waals surface area contributed by atoms with Gasteiger partial charge in [0.05, 0.1) is 25.2 Å². The largest absolute Gasteiger partial charge is 0.511 e. The fraction of sp³-hybridized carbons (Fsp3) is 0.562. The molecule has 0 amide bonds. The number of quaternary nitrogens is 1. The molecule has 0 aromatic heterocycles. The van der Waals surface area contributed by atoms with E-state index in [9.17, 15) is 9.59 Å². The standard InChI is InChI=1S/C30H41ClNO5.C2H6/c1-6-19-32(8-3)22(4)20-27(21-26(32)7-2)36-28(33)30(24-15-11-9-12-16-24,25-17-13-10-14-18-25)37-29(34)35-23(5)31;1-2/h9-18,22-23,26-27H,6-8,19-21H2,1-5H3;1-2H3/q+1;. The Hall–Kier alpha value is -2.57. The Balaban J connectivity index is 0.00000260. The van der Waals surface area contributed by atoms with Gasteiger partial charge in [-0.2, -0.15) is 0 Å². The summed E-state index contributed by atoms with van der Waals surface area (Å²) in [6, 6.07) is 18.6. The van der Waals surface area contributed by atoms with Gasteiger partial charge >= 0.3 is 12.1 Å². The van der Waals surface area contributed by atoms with E-state index in [-0.39, 0.29) is 6.10 Å². The third-order valence-electron chi connectivity index (χ3n) is 7.86. The Morgan fingerprint density at radius 3 is 1.95 bits per heavy atom. The average Bonchev–Trinajstić information content (AvgIpc) is 2.94. The van der Waals surface area contributed by atoms with Gasteiger partial charge in [0.25, 0.3) is 5.60 Å². The average molecular weight is 561 g/mol. The predicted octanol–water partition coefficient (Wildman–Crippen LogP) is 7.81. The summed E-state index contributed by atoms with van der Waals surface area (Å²) in [5.41, 5.74) is -1.80. The van der Waals surface area contributed by atoms with Crippen LogP contribution in [0.2, 0.25) is 0 Å². The first kappa shape index (κ1) is 32.6. The number of likely N-dealkylation sites (tertiary alicyclic amines) is 1. The Morgan fingerprint density at radius 1 is 0.974 bits per heavy atom. The molecule has 0 spiro atoms. The second-order valence-electron chi connectivity index (χ2n) is 9.98. The van der Waals surface area contributed by atoms with Gasteiger partial charge in [-0.25, -0.2) is 9.59 Å². The van der Waals surface area contributed by atoms with Crippen LogP contribution in [-0.2, 0) is 24.6 Å². The Bertz CT molecular complexity index is 976. The maximum Gasteiger partial charge on any atom is 0.511 e. The van der Waals surface area contributed by atoms with Gasteiger partial charge in [0.15, 0.2) is 5.56 Å². The van der Waals surface area contributed by atoms with Crippen molar-refractivity contribution in [1.82, 2.24) is 0 Å². The maximum absolute atomic E-state index is 14.2. The van der Waals surface area contributed by atoms with Gasteiger partial charge in [-0.1, -0.05) is 100.0 Å². The first-order valence-corrected chi connectivity index (χ1v) is 14.9. The Kier molecular flexibility index (Phi) is 12.8. The van der Waals surface area contributed by atoms with Crippen LogP contribution in [0, 0.1) is 0 Å². The predicted molar refractivity (Wildman–Crippen MR) is 157 cm³/mol. The van der Waals surface area contributed by atoms with Crippen molar-refractivity contribution in [3.63, 3.8) is 0 Å². The third kappa shape index (κ3) is 7.34. The van der Waals surface area contributed by atoms with E-state index in [4.69, 9.17) is 25.8 Å². The second-order valence-corrected chi connectivity index (χ2v) is 10.6. The molecule has 0 radical (unpaired) electrons. The highest BCUT2D eigenvalue weighted by Crippen LogP contribution is 2.40. The summed E-state index contributed by atoms with van der Waals surface area (Å²) in [6.45, 7) is 16.6. The topological polar surface area (TPSA) is 61.8 Å². The van der Waals surface area contributed by atoms with E-state index >= 15 is 0 Å². The number of carbonyl (C=O) groups excluding carboxylic acids is 2. The fourth-order valence-corrected chi connectivity index (χ4v) is 6.23. The molecule has 0 aliphatic carbocycles. The lowest BCUT2D eigenvalue weighted by atomic mass is 9.85. The quantitative estimate of drug-likeness (QED) is 0.168. The Morgan fingerprint density at radius 2 is 1.51 bits per heavy atom. The van der Waals surface area contributed by atoms with E-state index in [1.807, 2.05) is 26.0 Å². The molecule has 1 aliphatic heterocycles. The van der Waals surface area contributed by atoms with Crippen molar-refractivity contribution < 1.29 is 28.3 Å². The third-order valence-corrected chi connectivity index (χ3v) is 7.95. The monoisotopic (exact) mass is 560 g/mol. The molecule has 5 unspecified atom stereocenters. The summed E-state index contributed by atoms with van der Waals surface area (Å²) in [5.74, 6) is -0.636. The second kappa shape index (κ2) is 15.3. The number of esters is 1. The van der Waals surface area contributed by atoms with Crippen LogP contribution in [0.1, 0.15) is 85.3 Å². The van der Waals surface area contributed by atoms with E-state index in [2.05, 4.69) is 27.7 Å². The smallest absolute Gasteiger partial charge is 0.458 e. The lowest BCUT2D eigenvalue weighted by Crippen LogP contribution is -2.65. The molecule has 6 nitrogen and oxygen atoms in total. The van der Waals surface area contributed by atoms with Crippen LogP contribution in [0.25, 0.3) is 0 Å². The summed E-state index contributed by atoms with van der Waals surface area (Å²) in [7, 11) is 0. The summed E-state index contributed by atoms with van der Waals surface area (Å²) >= 11 is 5.90. The molecular formula is C32H47ClNO5+. The van der Waals surface area contributed by atoms with E-state index < -0.39 is 23.3 Å². The number of alkyl halides is 1. The van der Waals surface area contributed by atoms with Crippen LogP contribution in [-0.4, -0.2) is 53.4 Å². The van der Waals surface area contributed by atoms with Crippen LogP contribution in [0.4, 0.5) is 4.79 Å². The first-order chi connectivity index (χ1) is 18.7. The number of nitrogens with zero attached hydrogens (tertiary/aromatic N) is 1. The zero-order valence-corrected chi connectivity index (χ0v) is 25.4. The zero-order valence-electron chi connectivity index (χ0n) is 24.7. The molecule has 1 heterocycles. The fourth-order valence-electron chi connectivity index (χ4n) is 6.16. The number of rotatable bonds is 10. The van der Waals surface area contributed by atoms with Gasteiger partial charge in [0.2, 0.25) is 0 Å². The van der Waals surface area contributed by atoms with Gasteiger partial charge in [-0.05, 0) is 33.6 Å². The lowest BCUT2D eigenvalue weighted by Gasteiger charge is -2.53. The number of piperidine rings is 1. The Labute approximate surface area is 240 Å². The molecule has 1 fully saturated rings. The number of halogens is 1. The van der Waals surface area contributed by atoms with Crippen molar-refractivity contribution >= 4 is 23.7 Å². The minimum absolute atomic E-state index is 0.291. The van der Waals surface area contributed by atoms with Crippen molar-refractivity contribution in [1.29, 1.82) is 0 Å². The highest BCUT2D eigenvalue weighted by atomic mass is 35.5. The molecule has 0 bridgehead atoms. The highest BCUT2D eigenvalue weighted by Gasteiger charge is 2.52. The van der Waals surface area contributed by atoms with Gasteiger partial charge in [-0.15, -0.1) is 0 Å². The molecular weight excluding hydrogens is 514 g/mol. The minimum atomic E-state index is -1.84. The SMILES string of the molecule is CC.CCC[N+]1(CC)C(C)CC(OC(=O)C(OC(=O)OC(C)Cl)(c2ccccc2)c2ccccc2)CC1CC. The lowest BCUT2D eigenvalue weighted by molar-refractivity contribution is -0.976. The highest BCUT2D eigenvalue weighted by molar-refractivity contribution is 6.19. The molecule has 1 aliphatic rings. The zero-order chi connectivity index (χ0) is 29.1. The van der Waals surface area contributed by atoms with Crippen LogP contribution < -0.4 is 0 Å². The molecule has 216 valence electrons. The van der Waals surface area contributed by atoms with Crippen LogP contribution in [0.3, 0.4) is 0 Å². The van der Waals surface area contributed by atoms with Gasteiger partial charge in [0, 0.05) is 24.0 Å². The molecule has 39 heavy (non-hydrogen) atoms. The van der Waals surface area contributed by atoms with E-state index in [1.165, 1.54) is 6.92 Å². The first-order valence-electron chi connectivity index (χ1n) is 14.5. The molecule has 2 aromatic carbocycles. The molecule has 7 heteroatoms. The summed E-state index contributed by atoms with van der Waals surface area (Å²) in [5, 5.41) is 0. The number of benzene rings is 2. The molecule has 2 aromatic rings. The van der Waals surface area contributed by atoms with Crippen molar-refractivity contribution in [2.45, 2.75) is 104 Å². The van der Waals surface area contributed by atoms with Crippen molar-refractivity contribution in [2.24, 2.45) is 0 Å². The van der Waals surface area contributed by atoms with E-state index in [0.29, 0.717) is 23.2 Å². The molecule has 0 saturated carbocycles. The number of hydrogen-bond acceptors (Lipinski definition) is 5. The number of hydrogen-bond donors (Lipinski definition) is 0. The van der Waals surface area contributed by atoms with Gasteiger partial charge in [-0.3, -0.25) is 0 Å². The maximum atomic E-state index is 14.2. The van der Waals surface area contributed by atoms with Crippen molar-refractivity contribution in [3.8, 4) is 0 Å². The number of ether oxygens (including phenoxy) is 3. The molecule has 3 rings (SSSR count). The normalized spacial score (nSPS) is 23.5. The van der Waals surface area contributed by atoms with Gasteiger partial charge < -0.3 is 18.7 Å². The summed E-state index contributed by atoms with van der Waals surface area (Å²) < 4.78 is 18.3. The minimum Gasteiger partial charge on any atom is -0.458 e.